The maximum atomic E-state index is 12.4. The van der Waals surface area contributed by atoms with E-state index in [9.17, 15) is 9.59 Å². The molecule has 1 N–H and O–H groups in total. The van der Waals surface area contributed by atoms with Crippen LogP contribution < -0.4 is 15.0 Å². The van der Waals surface area contributed by atoms with Gasteiger partial charge in [-0.25, -0.2) is 0 Å². The van der Waals surface area contributed by atoms with Gasteiger partial charge in [0, 0.05) is 32.6 Å². The normalized spacial score (nSPS) is 21.3. The fourth-order valence-corrected chi connectivity index (χ4v) is 3.18. The quantitative estimate of drug-likeness (QED) is 0.900. The predicted molar refractivity (Wildman–Crippen MR) is 87.6 cm³/mol. The molecule has 0 bridgehead atoms. The fourth-order valence-electron chi connectivity index (χ4n) is 3.18. The van der Waals surface area contributed by atoms with Crippen LogP contribution in [0.15, 0.2) is 24.3 Å². The van der Waals surface area contributed by atoms with Crippen LogP contribution in [-0.4, -0.2) is 55.5 Å². The van der Waals surface area contributed by atoms with Crippen molar-refractivity contribution in [3.8, 4) is 5.75 Å². The molecular formula is C17H23N3O3. The lowest BCUT2D eigenvalue weighted by Crippen LogP contribution is -2.53. The second kappa shape index (κ2) is 6.89. The van der Waals surface area contributed by atoms with Gasteiger partial charge < -0.3 is 19.9 Å². The first-order chi connectivity index (χ1) is 11.2. The van der Waals surface area contributed by atoms with E-state index in [4.69, 9.17) is 4.74 Å². The molecule has 0 spiro atoms. The van der Waals surface area contributed by atoms with Gasteiger partial charge in [-0.2, -0.15) is 0 Å². The Balaban J connectivity index is 1.60. The minimum absolute atomic E-state index is 0.0207. The van der Waals surface area contributed by atoms with Gasteiger partial charge in [0.05, 0.1) is 12.3 Å². The fraction of sp³-hybridized carbons (Fsp3) is 0.529. The first kappa shape index (κ1) is 15.6. The van der Waals surface area contributed by atoms with E-state index in [2.05, 4.69) is 16.3 Å². The largest absolute Gasteiger partial charge is 0.492 e. The highest BCUT2D eigenvalue weighted by Gasteiger charge is 2.32. The van der Waals surface area contributed by atoms with Crippen LogP contribution in [0.5, 0.6) is 5.75 Å². The molecule has 0 radical (unpaired) electrons. The first-order valence-electron chi connectivity index (χ1n) is 8.24. The van der Waals surface area contributed by atoms with Crippen LogP contribution in [0.1, 0.15) is 19.8 Å². The third kappa shape index (κ3) is 3.41. The van der Waals surface area contributed by atoms with Gasteiger partial charge in [-0.1, -0.05) is 12.1 Å². The van der Waals surface area contributed by atoms with Crippen LogP contribution in [0.4, 0.5) is 5.69 Å². The predicted octanol–water partition coefficient (Wildman–Crippen LogP) is 1.01. The highest BCUT2D eigenvalue weighted by molar-refractivity contribution is 5.91. The monoisotopic (exact) mass is 317 g/mol. The Bertz CT molecular complexity index is 582. The Hall–Kier alpha value is -2.24. The Morgan fingerprint density at radius 1 is 1.26 bits per heavy atom. The zero-order valence-electron chi connectivity index (χ0n) is 13.5. The molecule has 2 fully saturated rings. The zero-order chi connectivity index (χ0) is 16.2. The summed E-state index contributed by atoms with van der Waals surface area (Å²) < 4.78 is 5.69. The van der Waals surface area contributed by atoms with E-state index < -0.39 is 0 Å². The van der Waals surface area contributed by atoms with E-state index >= 15 is 0 Å². The molecule has 1 aromatic carbocycles. The SMILES string of the molecule is CCOc1ccccc1N1CCN(C(=O)[C@@H]2CCC(=O)N2)CC1. The number of para-hydroxylation sites is 2. The number of amides is 2. The van der Waals surface area contributed by atoms with Crippen LogP contribution in [0.2, 0.25) is 0 Å². The Kier molecular flexibility index (Phi) is 4.69. The molecule has 2 aliphatic rings. The number of hydrogen-bond acceptors (Lipinski definition) is 4. The highest BCUT2D eigenvalue weighted by atomic mass is 16.5. The molecule has 1 atom stereocenters. The molecule has 2 amide bonds. The maximum absolute atomic E-state index is 12.4. The standard InChI is InChI=1S/C17H23N3O3/c1-2-23-15-6-4-3-5-14(15)19-9-11-20(12-10-19)17(22)13-7-8-16(21)18-13/h3-6,13H,2,7-12H2,1H3,(H,18,21)/t13-/m0/s1. The van der Waals surface area contributed by atoms with Gasteiger partial charge >= 0.3 is 0 Å². The molecule has 1 aromatic rings. The topological polar surface area (TPSA) is 61.9 Å². The summed E-state index contributed by atoms with van der Waals surface area (Å²) in [5.41, 5.74) is 1.08. The van der Waals surface area contributed by atoms with E-state index in [1.54, 1.807) is 0 Å². The van der Waals surface area contributed by atoms with Crippen molar-refractivity contribution in [2.45, 2.75) is 25.8 Å². The lowest BCUT2D eigenvalue weighted by Gasteiger charge is -2.37. The highest BCUT2D eigenvalue weighted by Crippen LogP contribution is 2.29. The van der Waals surface area contributed by atoms with E-state index in [1.165, 1.54) is 0 Å². The number of hydrogen-bond donors (Lipinski definition) is 1. The Morgan fingerprint density at radius 3 is 2.65 bits per heavy atom. The summed E-state index contributed by atoms with van der Waals surface area (Å²) in [6.07, 6.45) is 1.07. The number of anilines is 1. The van der Waals surface area contributed by atoms with Crippen molar-refractivity contribution >= 4 is 17.5 Å². The van der Waals surface area contributed by atoms with Gasteiger partial charge in [0.2, 0.25) is 11.8 Å². The van der Waals surface area contributed by atoms with Crippen LogP contribution in [0.3, 0.4) is 0 Å². The first-order valence-corrected chi connectivity index (χ1v) is 8.24. The molecule has 0 unspecified atom stereocenters. The Labute approximate surface area is 136 Å². The number of benzene rings is 1. The van der Waals surface area contributed by atoms with E-state index in [0.29, 0.717) is 32.5 Å². The summed E-state index contributed by atoms with van der Waals surface area (Å²) in [6, 6.07) is 7.68. The molecule has 2 saturated heterocycles. The zero-order valence-corrected chi connectivity index (χ0v) is 13.5. The summed E-state index contributed by atoms with van der Waals surface area (Å²) in [6.45, 7) is 5.50. The van der Waals surface area contributed by atoms with Crippen molar-refractivity contribution in [3.63, 3.8) is 0 Å². The molecule has 0 aliphatic carbocycles. The molecule has 23 heavy (non-hydrogen) atoms. The minimum atomic E-state index is -0.329. The molecule has 6 heteroatoms. The van der Waals surface area contributed by atoms with Gasteiger partial charge in [0.25, 0.3) is 0 Å². The third-order valence-corrected chi connectivity index (χ3v) is 4.39. The summed E-state index contributed by atoms with van der Waals surface area (Å²) in [5.74, 6) is 0.916. The molecule has 6 nitrogen and oxygen atoms in total. The van der Waals surface area contributed by atoms with Crippen LogP contribution >= 0.6 is 0 Å². The summed E-state index contributed by atoms with van der Waals surface area (Å²) in [7, 11) is 0. The summed E-state index contributed by atoms with van der Waals surface area (Å²) in [4.78, 5) is 27.8. The molecule has 3 rings (SSSR count). The van der Waals surface area contributed by atoms with E-state index in [1.807, 2.05) is 30.0 Å². The van der Waals surface area contributed by atoms with Crippen LogP contribution in [0, 0.1) is 0 Å². The van der Waals surface area contributed by atoms with Crippen LogP contribution in [-0.2, 0) is 9.59 Å². The van der Waals surface area contributed by atoms with Crippen molar-refractivity contribution in [1.82, 2.24) is 10.2 Å². The number of rotatable bonds is 4. The second-order valence-corrected chi connectivity index (χ2v) is 5.87. The number of piperazine rings is 1. The van der Waals surface area contributed by atoms with Gasteiger partial charge in [-0.3, -0.25) is 9.59 Å². The second-order valence-electron chi connectivity index (χ2n) is 5.87. The van der Waals surface area contributed by atoms with E-state index in [0.717, 1.165) is 24.5 Å². The van der Waals surface area contributed by atoms with Gasteiger partial charge in [-0.15, -0.1) is 0 Å². The molecule has 0 aromatic heterocycles. The molecule has 2 aliphatic heterocycles. The van der Waals surface area contributed by atoms with Crippen LogP contribution in [0.25, 0.3) is 0 Å². The Morgan fingerprint density at radius 2 is 2.00 bits per heavy atom. The summed E-state index contributed by atoms with van der Waals surface area (Å²) in [5, 5.41) is 2.76. The lowest BCUT2D eigenvalue weighted by molar-refractivity contribution is -0.134. The maximum Gasteiger partial charge on any atom is 0.245 e. The van der Waals surface area contributed by atoms with Crippen molar-refractivity contribution < 1.29 is 14.3 Å². The molecule has 2 heterocycles. The third-order valence-electron chi connectivity index (χ3n) is 4.39. The lowest BCUT2D eigenvalue weighted by atomic mass is 10.1. The van der Waals surface area contributed by atoms with Crippen molar-refractivity contribution in [2.75, 3.05) is 37.7 Å². The number of nitrogens with one attached hydrogen (secondary N) is 1. The van der Waals surface area contributed by atoms with Crippen molar-refractivity contribution in [1.29, 1.82) is 0 Å². The van der Waals surface area contributed by atoms with Gasteiger partial charge in [-0.05, 0) is 25.5 Å². The molecule has 124 valence electrons. The van der Waals surface area contributed by atoms with Crippen molar-refractivity contribution in [3.05, 3.63) is 24.3 Å². The number of carbonyl (C=O) groups is 2. The van der Waals surface area contributed by atoms with Gasteiger partial charge in [0.1, 0.15) is 11.8 Å². The number of ether oxygens (including phenoxy) is 1. The smallest absolute Gasteiger partial charge is 0.245 e. The molecular weight excluding hydrogens is 294 g/mol. The molecule has 0 saturated carbocycles. The number of nitrogens with zero attached hydrogens (tertiary/aromatic N) is 2. The van der Waals surface area contributed by atoms with Gasteiger partial charge in [0.15, 0.2) is 0 Å². The average Bonchev–Trinajstić information content (AvgIpc) is 3.02. The van der Waals surface area contributed by atoms with Crippen molar-refractivity contribution in [2.24, 2.45) is 0 Å². The number of carbonyl (C=O) groups excluding carboxylic acids is 2. The van der Waals surface area contributed by atoms with E-state index in [-0.39, 0.29) is 17.9 Å². The summed E-state index contributed by atoms with van der Waals surface area (Å²) >= 11 is 0. The minimum Gasteiger partial charge on any atom is -0.492 e. The average molecular weight is 317 g/mol.